The van der Waals surface area contributed by atoms with Crippen LogP contribution in [0.25, 0.3) is 0 Å². The lowest BCUT2D eigenvalue weighted by atomic mass is 10.1. The Bertz CT molecular complexity index is 796. The van der Waals surface area contributed by atoms with Crippen LogP contribution in [0.2, 0.25) is 0 Å². The molecule has 27 heavy (non-hydrogen) atoms. The van der Waals surface area contributed by atoms with Crippen molar-refractivity contribution in [1.29, 1.82) is 0 Å². The number of ether oxygens (including phenoxy) is 1. The molecule has 2 saturated heterocycles. The first-order chi connectivity index (χ1) is 13.3. The second kappa shape index (κ2) is 7.86. The summed E-state index contributed by atoms with van der Waals surface area (Å²) >= 11 is 0. The van der Waals surface area contributed by atoms with Gasteiger partial charge in [-0.1, -0.05) is 6.07 Å². The van der Waals surface area contributed by atoms with Crippen molar-refractivity contribution in [3.63, 3.8) is 0 Å². The number of amides is 1. The minimum Gasteiger partial charge on any atom is -0.497 e. The second-order valence-electron chi connectivity index (χ2n) is 7.05. The highest BCUT2D eigenvalue weighted by Gasteiger charge is 2.27. The number of piperazine rings is 1. The molecule has 2 aromatic rings. The number of nitrogens with zero attached hydrogens (tertiary/aromatic N) is 4. The summed E-state index contributed by atoms with van der Waals surface area (Å²) in [6, 6.07) is 11.9. The lowest BCUT2D eigenvalue weighted by molar-refractivity contribution is 0.0747. The van der Waals surface area contributed by atoms with Gasteiger partial charge < -0.3 is 19.4 Å². The van der Waals surface area contributed by atoms with Crippen LogP contribution in [0.4, 0.5) is 11.5 Å². The molecule has 6 nitrogen and oxygen atoms in total. The molecule has 142 valence electrons. The molecule has 6 heteroatoms. The molecule has 0 unspecified atom stereocenters. The number of carbonyl (C=O) groups excluding carboxylic acids is 1. The monoisotopic (exact) mass is 366 g/mol. The van der Waals surface area contributed by atoms with Crippen molar-refractivity contribution in [2.45, 2.75) is 12.8 Å². The van der Waals surface area contributed by atoms with Gasteiger partial charge in [-0.2, -0.15) is 0 Å². The molecule has 2 aliphatic rings. The summed E-state index contributed by atoms with van der Waals surface area (Å²) in [5, 5.41) is 0. The predicted octanol–water partition coefficient (Wildman–Crippen LogP) is 2.65. The van der Waals surface area contributed by atoms with E-state index in [2.05, 4.69) is 20.9 Å². The number of benzene rings is 1. The summed E-state index contributed by atoms with van der Waals surface area (Å²) in [6.07, 6.45) is 4.12. The molecule has 4 rings (SSSR count). The van der Waals surface area contributed by atoms with E-state index in [1.807, 2.05) is 35.2 Å². The van der Waals surface area contributed by atoms with Crippen LogP contribution in [-0.4, -0.2) is 62.2 Å². The zero-order valence-electron chi connectivity index (χ0n) is 15.8. The maximum Gasteiger partial charge on any atom is 0.257 e. The van der Waals surface area contributed by atoms with E-state index in [-0.39, 0.29) is 5.91 Å². The highest BCUT2D eigenvalue weighted by molar-refractivity contribution is 5.99. The first kappa shape index (κ1) is 17.6. The first-order valence-electron chi connectivity index (χ1n) is 9.64. The largest absolute Gasteiger partial charge is 0.497 e. The molecule has 1 amide bonds. The molecule has 2 fully saturated rings. The van der Waals surface area contributed by atoms with Gasteiger partial charge in [0, 0.05) is 57.2 Å². The zero-order chi connectivity index (χ0) is 18.6. The maximum atomic E-state index is 13.1. The van der Waals surface area contributed by atoms with Crippen LogP contribution in [0.15, 0.2) is 42.6 Å². The van der Waals surface area contributed by atoms with Crippen LogP contribution < -0.4 is 14.5 Å². The van der Waals surface area contributed by atoms with Gasteiger partial charge in [0.05, 0.1) is 12.7 Å². The van der Waals surface area contributed by atoms with Crippen molar-refractivity contribution >= 4 is 17.4 Å². The van der Waals surface area contributed by atoms with Crippen molar-refractivity contribution in [2.24, 2.45) is 0 Å². The van der Waals surface area contributed by atoms with Crippen LogP contribution in [-0.2, 0) is 0 Å². The third kappa shape index (κ3) is 3.70. The van der Waals surface area contributed by atoms with Gasteiger partial charge in [0.15, 0.2) is 0 Å². The summed E-state index contributed by atoms with van der Waals surface area (Å²) < 4.78 is 5.32. The third-order valence-electron chi connectivity index (χ3n) is 5.41. The number of hydrogen-bond acceptors (Lipinski definition) is 5. The number of anilines is 2. The van der Waals surface area contributed by atoms with E-state index in [0.717, 1.165) is 49.0 Å². The van der Waals surface area contributed by atoms with Gasteiger partial charge in [0.25, 0.3) is 5.91 Å². The van der Waals surface area contributed by atoms with Crippen LogP contribution in [0.1, 0.15) is 23.2 Å². The summed E-state index contributed by atoms with van der Waals surface area (Å²) in [6.45, 7) is 5.03. The molecule has 0 spiro atoms. The number of aromatic nitrogens is 1. The lowest BCUT2D eigenvalue weighted by Crippen LogP contribution is -2.49. The smallest absolute Gasteiger partial charge is 0.257 e. The number of carbonyl (C=O) groups is 1. The Labute approximate surface area is 160 Å². The van der Waals surface area contributed by atoms with Crippen molar-refractivity contribution in [1.82, 2.24) is 9.88 Å². The number of hydrogen-bond donors (Lipinski definition) is 0. The zero-order valence-corrected chi connectivity index (χ0v) is 15.8. The Morgan fingerprint density at radius 2 is 1.74 bits per heavy atom. The van der Waals surface area contributed by atoms with E-state index < -0.39 is 0 Å². The van der Waals surface area contributed by atoms with Crippen molar-refractivity contribution in [2.75, 3.05) is 56.2 Å². The summed E-state index contributed by atoms with van der Waals surface area (Å²) in [5.74, 6) is 1.79. The van der Waals surface area contributed by atoms with Gasteiger partial charge in [0.1, 0.15) is 11.6 Å². The summed E-state index contributed by atoms with van der Waals surface area (Å²) in [5.41, 5.74) is 1.87. The molecular formula is C21H26N4O2. The van der Waals surface area contributed by atoms with Gasteiger partial charge in [-0.15, -0.1) is 0 Å². The highest BCUT2D eigenvalue weighted by Crippen LogP contribution is 2.25. The standard InChI is InChI=1S/C21H26N4O2/c1-27-18-7-4-6-17(16-18)23-12-14-25(15-13-23)21(26)19-8-5-9-22-20(19)24-10-2-3-11-24/h4-9,16H,2-3,10-15H2,1H3. The van der Waals surface area contributed by atoms with Crippen LogP contribution in [0, 0.1) is 0 Å². The predicted molar refractivity (Wildman–Crippen MR) is 107 cm³/mol. The van der Waals surface area contributed by atoms with Crippen molar-refractivity contribution in [3.05, 3.63) is 48.2 Å². The number of rotatable bonds is 4. The first-order valence-corrected chi connectivity index (χ1v) is 9.64. The Morgan fingerprint density at radius 3 is 2.48 bits per heavy atom. The topological polar surface area (TPSA) is 48.9 Å². The van der Waals surface area contributed by atoms with Crippen LogP contribution in [0.5, 0.6) is 5.75 Å². The van der Waals surface area contributed by atoms with E-state index in [1.165, 1.54) is 12.8 Å². The fraction of sp³-hybridized carbons (Fsp3) is 0.429. The van der Waals surface area contributed by atoms with Crippen molar-refractivity contribution in [3.8, 4) is 5.75 Å². The molecule has 0 N–H and O–H groups in total. The highest BCUT2D eigenvalue weighted by atomic mass is 16.5. The number of pyridine rings is 1. The molecule has 0 atom stereocenters. The molecule has 0 bridgehead atoms. The SMILES string of the molecule is COc1cccc(N2CCN(C(=O)c3cccnc3N3CCCC3)CC2)c1. The Balaban J connectivity index is 1.45. The Morgan fingerprint density at radius 1 is 0.963 bits per heavy atom. The van der Waals surface area contributed by atoms with Gasteiger partial charge in [-0.25, -0.2) is 4.98 Å². The fourth-order valence-electron chi connectivity index (χ4n) is 3.89. The molecular weight excluding hydrogens is 340 g/mol. The normalized spacial score (nSPS) is 17.3. The molecule has 0 aliphatic carbocycles. The van der Waals surface area contributed by atoms with Gasteiger partial charge in [-0.05, 0) is 37.1 Å². The molecule has 2 aliphatic heterocycles. The lowest BCUT2D eigenvalue weighted by Gasteiger charge is -2.36. The minimum atomic E-state index is 0.0929. The minimum absolute atomic E-state index is 0.0929. The van der Waals surface area contributed by atoms with Gasteiger partial charge in [-0.3, -0.25) is 4.79 Å². The van der Waals surface area contributed by atoms with Gasteiger partial charge in [0.2, 0.25) is 0 Å². The van der Waals surface area contributed by atoms with E-state index in [9.17, 15) is 4.79 Å². The Kier molecular flexibility index (Phi) is 5.14. The molecule has 0 radical (unpaired) electrons. The van der Waals surface area contributed by atoms with E-state index in [4.69, 9.17) is 4.74 Å². The molecule has 1 aromatic carbocycles. The quantitative estimate of drug-likeness (QED) is 0.833. The summed E-state index contributed by atoms with van der Waals surface area (Å²) in [7, 11) is 1.68. The van der Waals surface area contributed by atoms with Gasteiger partial charge >= 0.3 is 0 Å². The van der Waals surface area contributed by atoms with E-state index in [1.54, 1.807) is 13.3 Å². The van der Waals surface area contributed by atoms with E-state index >= 15 is 0 Å². The van der Waals surface area contributed by atoms with E-state index in [0.29, 0.717) is 13.1 Å². The number of methoxy groups -OCH3 is 1. The fourth-order valence-corrected chi connectivity index (χ4v) is 3.89. The van der Waals surface area contributed by atoms with Crippen molar-refractivity contribution < 1.29 is 9.53 Å². The maximum absolute atomic E-state index is 13.1. The molecule has 3 heterocycles. The van der Waals surface area contributed by atoms with Crippen LogP contribution in [0.3, 0.4) is 0 Å². The van der Waals surface area contributed by atoms with Crippen LogP contribution >= 0.6 is 0 Å². The second-order valence-corrected chi connectivity index (χ2v) is 7.05. The summed E-state index contributed by atoms with van der Waals surface area (Å²) in [4.78, 5) is 24.1. The average Bonchev–Trinajstić information content (AvgIpc) is 3.28. The molecule has 0 saturated carbocycles. The third-order valence-corrected chi connectivity index (χ3v) is 5.41. The Hall–Kier alpha value is -2.76. The molecule has 1 aromatic heterocycles. The average molecular weight is 366 g/mol.